The van der Waals surface area contributed by atoms with Crippen LogP contribution in [0.15, 0.2) is 69.9 Å². The Balaban J connectivity index is 2.29. The summed E-state index contributed by atoms with van der Waals surface area (Å²) in [6.07, 6.45) is 0. The molecule has 0 aliphatic heterocycles. The molecule has 22 heavy (non-hydrogen) atoms. The van der Waals surface area contributed by atoms with Gasteiger partial charge >= 0.3 is 0 Å². The first-order valence-corrected chi connectivity index (χ1v) is 8.66. The summed E-state index contributed by atoms with van der Waals surface area (Å²) in [5.41, 5.74) is 3.99. The second-order valence-corrected chi connectivity index (χ2v) is 6.98. The molecule has 2 aromatic carbocycles. The molecule has 0 bridgehead atoms. The molecule has 2 nitrogen and oxygen atoms in total. The van der Waals surface area contributed by atoms with Crippen molar-refractivity contribution in [1.82, 2.24) is 4.57 Å². The molecule has 0 N–H and O–H groups in total. The summed E-state index contributed by atoms with van der Waals surface area (Å²) in [5.74, 6) is 0. The van der Waals surface area contributed by atoms with Crippen LogP contribution >= 0.6 is 38.5 Å². The van der Waals surface area contributed by atoms with Gasteiger partial charge in [-0.05, 0) is 45.9 Å². The molecule has 0 aliphatic rings. The highest BCUT2D eigenvalue weighted by molar-refractivity contribution is 14.1. The van der Waals surface area contributed by atoms with Gasteiger partial charge in [0, 0.05) is 17.6 Å². The second-order valence-electron chi connectivity index (χ2n) is 4.99. The van der Waals surface area contributed by atoms with Crippen molar-refractivity contribution < 1.29 is 0 Å². The van der Waals surface area contributed by atoms with Gasteiger partial charge in [-0.1, -0.05) is 58.4 Å². The van der Waals surface area contributed by atoms with Crippen LogP contribution in [0.4, 0.5) is 0 Å². The summed E-state index contributed by atoms with van der Waals surface area (Å²) in [6, 6.07) is 19.7. The van der Waals surface area contributed by atoms with Crippen molar-refractivity contribution in [1.29, 1.82) is 0 Å². The Labute approximate surface area is 151 Å². The predicted molar refractivity (Wildman–Crippen MR) is 103 cm³/mol. The van der Waals surface area contributed by atoms with Crippen LogP contribution in [0.5, 0.6) is 0 Å². The molecule has 1 aromatic heterocycles. The number of hydrogen-bond donors (Lipinski definition) is 0. The lowest BCUT2D eigenvalue weighted by Crippen LogP contribution is -2.14. The Kier molecular flexibility index (Phi) is 4.49. The van der Waals surface area contributed by atoms with Crippen molar-refractivity contribution in [3.05, 3.63) is 78.9 Å². The zero-order valence-corrected chi connectivity index (χ0v) is 15.6. The van der Waals surface area contributed by atoms with E-state index in [1.165, 1.54) is 0 Å². The molecular formula is C18H13BrINO. The molecular weight excluding hydrogens is 453 g/mol. The quantitative estimate of drug-likeness (QED) is 0.483. The Hall–Kier alpha value is -1.40. The van der Waals surface area contributed by atoms with E-state index in [0.29, 0.717) is 0 Å². The van der Waals surface area contributed by atoms with Gasteiger partial charge in [0.15, 0.2) is 5.43 Å². The lowest BCUT2D eigenvalue weighted by atomic mass is 10.1. The number of halogens is 2. The van der Waals surface area contributed by atoms with Crippen LogP contribution < -0.4 is 5.43 Å². The minimum absolute atomic E-state index is 0.0514. The molecule has 4 heteroatoms. The molecule has 0 saturated carbocycles. The Morgan fingerprint density at radius 1 is 0.955 bits per heavy atom. The van der Waals surface area contributed by atoms with Gasteiger partial charge in [-0.15, -0.1) is 0 Å². The van der Waals surface area contributed by atoms with E-state index in [0.717, 1.165) is 30.6 Å². The average molecular weight is 466 g/mol. The van der Waals surface area contributed by atoms with Crippen molar-refractivity contribution in [2.45, 2.75) is 0 Å². The Bertz CT molecular complexity index is 870. The maximum absolute atomic E-state index is 12.4. The van der Waals surface area contributed by atoms with Gasteiger partial charge in [0.1, 0.15) is 0 Å². The molecule has 0 saturated heterocycles. The molecule has 110 valence electrons. The van der Waals surface area contributed by atoms with Gasteiger partial charge in [-0.3, -0.25) is 4.79 Å². The third-order valence-electron chi connectivity index (χ3n) is 3.58. The van der Waals surface area contributed by atoms with E-state index in [1.54, 1.807) is 6.07 Å². The van der Waals surface area contributed by atoms with Crippen molar-refractivity contribution in [3.8, 4) is 22.5 Å². The molecule has 0 aliphatic carbocycles. The van der Waals surface area contributed by atoms with Crippen LogP contribution in [0.1, 0.15) is 0 Å². The van der Waals surface area contributed by atoms with Crippen molar-refractivity contribution in [3.63, 3.8) is 0 Å². The van der Waals surface area contributed by atoms with Gasteiger partial charge in [-0.2, -0.15) is 0 Å². The summed E-state index contributed by atoms with van der Waals surface area (Å²) < 4.78 is 3.85. The number of nitrogens with zero attached hydrogens (tertiary/aromatic N) is 1. The normalized spacial score (nSPS) is 10.7. The molecule has 0 radical (unpaired) electrons. The van der Waals surface area contributed by atoms with Crippen LogP contribution in [-0.2, 0) is 7.05 Å². The predicted octanol–water partition coefficient (Wildman–Crippen LogP) is 5.09. The molecule has 3 rings (SSSR count). The van der Waals surface area contributed by atoms with Gasteiger partial charge < -0.3 is 4.57 Å². The standard InChI is InChI=1S/C18H13BrINO/c1-21-15(12-5-3-2-4-6-12)11-16(22)17(20)18(21)13-7-9-14(19)10-8-13/h2-11H,1H3. The maximum atomic E-state index is 12.4. The van der Waals surface area contributed by atoms with Gasteiger partial charge in [0.25, 0.3) is 0 Å². The summed E-state index contributed by atoms with van der Waals surface area (Å²) >= 11 is 5.58. The third kappa shape index (κ3) is 2.90. The zero-order chi connectivity index (χ0) is 15.7. The van der Waals surface area contributed by atoms with E-state index in [-0.39, 0.29) is 5.43 Å². The lowest BCUT2D eigenvalue weighted by molar-refractivity contribution is 0.914. The van der Waals surface area contributed by atoms with E-state index >= 15 is 0 Å². The molecule has 0 unspecified atom stereocenters. The Morgan fingerprint density at radius 2 is 1.59 bits per heavy atom. The summed E-state index contributed by atoms with van der Waals surface area (Å²) in [7, 11) is 2.00. The summed E-state index contributed by atoms with van der Waals surface area (Å²) in [4.78, 5) is 12.4. The number of aromatic nitrogens is 1. The van der Waals surface area contributed by atoms with Crippen molar-refractivity contribution in [2.24, 2.45) is 7.05 Å². The van der Waals surface area contributed by atoms with Gasteiger partial charge in [0.2, 0.25) is 0 Å². The fourth-order valence-corrected chi connectivity index (χ4v) is 3.58. The minimum atomic E-state index is 0.0514. The first-order valence-electron chi connectivity index (χ1n) is 6.79. The number of pyridine rings is 1. The van der Waals surface area contributed by atoms with Crippen LogP contribution in [0.3, 0.4) is 0 Å². The first kappa shape index (κ1) is 15.5. The third-order valence-corrected chi connectivity index (χ3v) is 5.15. The fourth-order valence-electron chi connectivity index (χ4n) is 2.48. The van der Waals surface area contributed by atoms with E-state index in [1.807, 2.05) is 61.6 Å². The zero-order valence-electron chi connectivity index (χ0n) is 11.9. The van der Waals surface area contributed by atoms with Crippen molar-refractivity contribution in [2.75, 3.05) is 0 Å². The van der Waals surface area contributed by atoms with E-state index in [2.05, 4.69) is 43.1 Å². The first-order chi connectivity index (χ1) is 10.6. The highest BCUT2D eigenvalue weighted by Gasteiger charge is 2.14. The Morgan fingerprint density at radius 3 is 2.23 bits per heavy atom. The van der Waals surface area contributed by atoms with Crippen LogP contribution in [0, 0.1) is 3.57 Å². The molecule has 1 heterocycles. The van der Waals surface area contributed by atoms with E-state index < -0.39 is 0 Å². The highest BCUT2D eigenvalue weighted by Crippen LogP contribution is 2.28. The molecule has 0 fully saturated rings. The maximum Gasteiger partial charge on any atom is 0.196 e. The molecule has 0 amide bonds. The second kappa shape index (κ2) is 6.38. The summed E-state index contributed by atoms with van der Waals surface area (Å²) in [6.45, 7) is 0. The van der Waals surface area contributed by atoms with Crippen LogP contribution in [0.25, 0.3) is 22.5 Å². The molecule has 0 atom stereocenters. The van der Waals surface area contributed by atoms with E-state index in [4.69, 9.17) is 0 Å². The lowest BCUT2D eigenvalue weighted by Gasteiger charge is -2.16. The number of rotatable bonds is 2. The van der Waals surface area contributed by atoms with Crippen molar-refractivity contribution >= 4 is 38.5 Å². The monoisotopic (exact) mass is 465 g/mol. The van der Waals surface area contributed by atoms with E-state index in [9.17, 15) is 4.79 Å². The minimum Gasteiger partial charge on any atom is -0.343 e. The van der Waals surface area contributed by atoms with Gasteiger partial charge in [-0.25, -0.2) is 0 Å². The molecule has 3 aromatic rings. The highest BCUT2D eigenvalue weighted by atomic mass is 127. The SMILES string of the molecule is Cn1c(-c2ccccc2)cc(=O)c(I)c1-c1ccc(Br)cc1. The fraction of sp³-hybridized carbons (Fsp3) is 0.0556. The smallest absolute Gasteiger partial charge is 0.196 e. The van der Waals surface area contributed by atoms with Crippen LogP contribution in [0.2, 0.25) is 0 Å². The molecule has 0 spiro atoms. The van der Waals surface area contributed by atoms with Gasteiger partial charge in [0.05, 0.1) is 15.0 Å². The summed E-state index contributed by atoms with van der Waals surface area (Å²) in [5, 5.41) is 0. The number of benzene rings is 2. The largest absolute Gasteiger partial charge is 0.343 e. The topological polar surface area (TPSA) is 22.0 Å². The number of hydrogen-bond acceptors (Lipinski definition) is 1. The van der Waals surface area contributed by atoms with Crippen LogP contribution in [-0.4, -0.2) is 4.57 Å². The average Bonchev–Trinajstić information content (AvgIpc) is 2.54.